The number of rotatable bonds is 7. The third-order valence-electron chi connectivity index (χ3n) is 4.33. The molecule has 166 valence electrons. The summed E-state index contributed by atoms with van der Waals surface area (Å²) in [6.45, 7) is 5.39. The third-order valence-corrected chi connectivity index (χ3v) is 5.81. The summed E-state index contributed by atoms with van der Waals surface area (Å²) in [7, 11) is 1.54. The molecule has 1 heterocycles. The molecule has 0 aliphatic carbocycles. The van der Waals surface area contributed by atoms with E-state index in [4.69, 9.17) is 32.7 Å². The van der Waals surface area contributed by atoms with E-state index in [1.807, 2.05) is 6.07 Å². The van der Waals surface area contributed by atoms with Crippen molar-refractivity contribution in [2.75, 3.05) is 7.11 Å². The number of carbonyl (C=O) groups is 2. The van der Waals surface area contributed by atoms with Crippen molar-refractivity contribution in [3.05, 3.63) is 74.6 Å². The Kier molecular flexibility index (Phi) is 8.01. The number of hydrogen-bond donors (Lipinski definition) is 1. The zero-order chi connectivity index (χ0) is 23.3. The Bertz CT molecular complexity index is 1150. The molecule has 0 atom stereocenters. The summed E-state index contributed by atoms with van der Waals surface area (Å²) in [5, 5.41) is 3.84. The summed E-state index contributed by atoms with van der Waals surface area (Å²) in [5.41, 5.74) is 2.34. The van der Waals surface area contributed by atoms with Gasteiger partial charge in [-0.2, -0.15) is 4.99 Å². The van der Waals surface area contributed by atoms with Crippen molar-refractivity contribution in [2.24, 2.45) is 4.99 Å². The average Bonchev–Trinajstić information content (AvgIpc) is 3.06. The van der Waals surface area contributed by atoms with E-state index in [1.165, 1.54) is 6.92 Å². The summed E-state index contributed by atoms with van der Waals surface area (Å²) in [4.78, 5) is 27.7. The maximum absolute atomic E-state index is 12.2. The van der Waals surface area contributed by atoms with Gasteiger partial charge in [-0.3, -0.25) is 9.59 Å². The monoisotopic (exact) mass is 490 g/mol. The van der Waals surface area contributed by atoms with Crippen molar-refractivity contribution >= 4 is 58.0 Å². The molecule has 2 aromatic carbocycles. The highest BCUT2D eigenvalue weighted by atomic mass is 35.5. The first-order valence-electron chi connectivity index (χ1n) is 9.49. The molecule has 2 aromatic rings. The molecule has 6 nitrogen and oxygen atoms in total. The second-order valence-corrected chi connectivity index (χ2v) is 8.62. The second kappa shape index (κ2) is 10.7. The minimum atomic E-state index is -0.416. The SMILES string of the molecule is C=CCc1cc(/C=C2/SC(NC(C)=O)=NC2=O)cc(OC)c1OCc1ccc(Cl)cc1Cl. The Morgan fingerprint density at radius 2 is 2.03 bits per heavy atom. The zero-order valence-electron chi connectivity index (χ0n) is 17.4. The molecule has 3 rings (SSSR count). The summed E-state index contributed by atoms with van der Waals surface area (Å²) < 4.78 is 11.6. The second-order valence-electron chi connectivity index (χ2n) is 6.74. The number of nitrogens with one attached hydrogen (secondary N) is 1. The molecule has 1 aliphatic heterocycles. The van der Waals surface area contributed by atoms with Gasteiger partial charge in [0, 0.05) is 28.1 Å². The maximum atomic E-state index is 12.2. The summed E-state index contributed by atoms with van der Waals surface area (Å²) in [5.74, 6) is 0.351. The Hall–Kier alpha value is -2.74. The fourth-order valence-corrected chi connectivity index (χ4v) is 4.27. The molecule has 0 aromatic heterocycles. The van der Waals surface area contributed by atoms with Crippen molar-refractivity contribution in [1.29, 1.82) is 0 Å². The standard InChI is InChI=1S/C23H20Cl2N2O4S/c1-4-5-15-8-14(10-20-22(29)27-23(32-20)26-13(2)28)9-19(30-3)21(15)31-12-16-6-7-17(24)11-18(16)25/h4,6-11H,1,5,12H2,2-3H3,(H,26,27,28,29)/b20-10+. The van der Waals surface area contributed by atoms with Crippen LogP contribution >= 0.6 is 35.0 Å². The van der Waals surface area contributed by atoms with Gasteiger partial charge in [-0.1, -0.05) is 35.3 Å². The van der Waals surface area contributed by atoms with Crippen LogP contribution in [0.25, 0.3) is 6.08 Å². The van der Waals surface area contributed by atoms with Gasteiger partial charge in [-0.05, 0) is 54.1 Å². The Balaban J connectivity index is 1.89. The fraction of sp³-hybridized carbons (Fsp3) is 0.174. The van der Waals surface area contributed by atoms with E-state index < -0.39 is 5.91 Å². The molecule has 0 spiro atoms. The number of halogens is 2. The predicted octanol–water partition coefficient (Wildman–Crippen LogP) is 5.42. The lowest BCUT2D eigenvalue weighted by Crippen LogP contribution is -2.23. The highest BCUT2D eigenvalue weighted by Crippen LogP contribution is 2.37. The van der Waals surface area contributed by atoms with Crippen LogP contribution < -0.4 is 14.8 Å². The van der Waals surface area contributed by atoms with E-state index in [0.29, 0.717) is 32.9 Å². The summed E-state index contributed by atoms with van der Waals surface area (Å²) >= 11 is 13.3. The van der Waals surface area contributed by atoms with Crippen LogP contribution in [0.15, 0.2) is 52.9 Å². The molecule has 0 fully saturated rings. The lowest BCUT2D eigenvalue weighted by atomic mass is 10.0. The minimum absolute atomic E-state index is 0.221. The lowest BCUT2D eigenvalue weighted by Gasteiger charge is -2.16. The van der Waals surface area contributed by atoms with Gasteiger partial charge in [0.1, 0.15) is 6.61 Å². The minimum Gasteiger partial charge on any atom is -0.493 e. The molecular formula is C23H20Cl2N2O4S. The van der Waals surface area contributed by atoms with Crippen molar-refractivity contribution in [3.63, 3.8) is 0 Å². The zero-order valence-corrected chi connectivity index (χ0v) is 19.7. The Labute approximate surface area is 200 Å². The predicted molar refractivity (Wildman–Crippen MR) is 130 cm³/mol. The first-order valence-corrected chi connectivity index (χ1v) is 11.1. The van der Waals surface area contributed by atoms with Gasteiger partial charge < -0.3 is 14.8 Å². The molecule has 0 saturated heterocycles. The quantitative estimate of drug-likeness (QED) is 0.414. The van der Waals surface area contributed by atoms with E-state index in [2.05, 4.69) is 16.9 Å². The van der Waals surface area contributed by atoms with Crippen LogP contribution in [-0.2, 0) is 22.6 Å². The number of ether oxygens (including phenoxy) is 2. The van der Waals surface area contributed by atoms with Gasteiger partial charge in [0.2, 0.25) is 5.91 Å². The van der Waals surface area contributed by atoms with Crippen LogP contribution in [0.1, 0.15) is 23.6 Å². The fourth-order valence-electron chi connectivity index (χ4n) is 2.94. The first kappa shape index (κ1) is 23.9. The molecule has 0 radical (unpaired) electrons. The van der Waals surface area contributed by atoms with Crippen LogP contribution in [0.3, 0.4) is 0 Å². The van der Waals surface area contributed by atoms with E-state index in [9.17, 15) is 9.59 Å². The summed E-state index contributed by atoms with van der Waals surface area (Å²) in [6, 6.07) is 8.87. The van der Waals surface area contributed by atoms with Gasteiger partial charge in [-0.25, -0.2) is 0 Å². The number of aliphatic imine (C=N–C) groups is 1. The number of allylic oxidation sites excluding steroid dienone is 1. The number of amidine groups is 1. The van der Waals surface area contributed by atoms with Gasteiger partial charge in [0.25, 0.3) is 5.91 Å². The third kappa shape index (κ3) is 5.94. The highest BCUT2D eigenvalue weighted by molar-refractivity contribution is 8.18. The number of thioether (sulfide) groups is 1. The number of amides is 2. The Morgan fingerprint density at radius 3 is 2.69 bits per heavy atom. The average molecular weight is 491 g/mol. The first-order chi connectivity index (χ1) is 15.3. The Morgan fingerprint density at radius 1 is 1.25 bits per heavy atom. The molecule has 0 bridgehead atoms. The van der Waals surface area contributed by atoms with E-state index in [0.717, 1.165) is 28.5 Å². The number of carbonyl (C=O) groups excluding carboxylic acids is 2. The molecule has 2 amide bonds. The van der Waals surface area contributed by atoms with Gasteiger partial charge in [0.05, 0.1) is 12.0 Å². The molecular weight excluding hydrogens is 471 g/mol. The van der Waals surface area contributed by atoms with Crippen molar-refractivity contribution in [3.8, 4) is 11.5 Å². The van der Waals surface area contributed by atoms with Crippen LogP contribution in [0.4, 0.5) is 0 Å². The van der Waals surface area contributed by atoms with Gasteiger partial charge in [-0.15, -0.1) is 6.58 Å². The van der Waals surface area contributed by atoms with Gasteiger partial charge in [0.15, 0.2) is 16.7 Å². The van der Waals surface area contributed by atoms with Crippen molar-refractivity contribution < 1.29 is 19.1 Å². The highest BCUT2D eigenvalue weighted by Gasteiger charge is 2.23. The number of nitrogens with zero attached hydrogens (tertiary/aromatic N) is 1. The summed E-state index contributed by atoms with van der Waals surface area (Å²) in [6.07, 6.45) is 3.97. The molecule has 1 N–H and O–H groups in total. The topological polar surface area (TPSA) is 77.0 Å². The molecule has 0 saturated carbocycles. The van der Waals surface area contributed by atoms with Crippen LogP contribution in [0, 0.1) is 0 Å². The van der Waals surface area contributed by atoms with Crippen molar-refractivity contribution in [2.45, 2.75) is 20.0 Å². The van der Waals surface area contributed by atoms with Gasteiger partial charge >= 0.3 is 0 Å². The molecule has 9 heteroatoms. The largest absolute Gasteiger partial charge is 0.493 e. The van der Waals surface area contributed by atoms with Crippen LogP contribution in [-0.4, -0.2) is 24.1 Å². The molecule has 32 heavy (non-hydrogen) atoms. The number of benzene rings is 2. The smallest absolute Gasteiger partial charge is 0.286 e. The van der Waals surface area contributed by atoms with E-state index >= 15 is 0 Å². The van der Waals surface area contributed by atoms with Crippen LogP contribution in [0.5, 0.6) is 11.5 Å². The van der Waals surface area contributed by atoms with E-state index in [-0.39, 0.29) is 17.7 Å². The molecule has 0 unspecified atom stereocenters. The van der Waals surface area contributed by atoms with Crippen LogP contribution in [0.2, 0.25) is 10.0 Å². The lowest BCUT2D eigenvalue weighted by molar-refractivity contribution is -0.117. The normalized spacial score (nSPS) is 14.3. The number of methoxy groups -OCH3 is 1. The van der Waals surface area contributed by atoms with Crippen molar-refractivity contribution in [1.82, 2.24) is 5.32 Å². The molecule has 1 aliphatic rings. The maximum Gasteiger partial charge on any atom is 0.286 e. The van der Waals surface area contributed by atoms with E-state index in [1.54, 1.807) is 43.5 Å². The number of hydrogen-bond acceptors (Lipinski definition) is 5.